The van der Waals surface area contributed by atoms with E-state index in [-0.39, 0.29) is 0 Å². The van der Waals surface area contributed by atoms with E-state index in [1.807, 2.05) is 0 Å². The van der Waals surface area contributed by atoms with Gasteiger partial charge in [0.1, 0.15) is 0 Å². The Kier molecular flexibility index (Phi) is 2.87. The summed E-state index contributed by atoms with van der Waals surface area (Å²) in [7, 11) is -4.04. The normalized spacial score (nSPS) is 14.2. The van der Waals surface area contributed by atoms with Crippen LogP contribution >= 0.6 is 15.9 Å². The molecule has 0 aliphatic heterocycles. The van der Waals surface area contributed by atoms with Gasteiger partial charge < -0.3 is 0 Å². The van der Waals surface area contributed by atoms with Gasteiger partial charge in [0.25, 0.3) is 10.1 Å². The molecule has 0 aromatic heterocycles. The van der Waals surface area contributed by atoms with Crippen molar-refractivity contribution in [3.63, 3.8) is 0 Å². The van der Waals surface area contributed by atoms with E-state index in [9.17, 15) is 8.42 Å². The number of hydrogen-bond acceptors (Lipinski definition) is 2. The minimum absolute atomic E-state index is 0.514. The molecule has 0 aliphatic carbocycles. The minimum Gasteiger partial charge on any atom is -0.284 e. The van der Waals surface area contributed by atoms with Crippen LogP contribution in [0.3, 0.4) is 0 Å². The van der Waals surface area contributed by atoms with E-state index >= 15 is 0 Å². The molecule has 0 radical (unpaired) electrons. The van der Waals surface area contributed by atoms with E-state index < -0.39 is 14.3 Å². The third kappa shape index (κ3) is 2.30. The van der Waals surface area contributed by atoms with Crippen LogP contribution in [0.1, 0.15) is 9.72 Å². The van der Waals surface area contributed by atoms with E-state index in [0.29, 0.717) is 5.56 Å². The summed E-state index contributed by atoms with van der Waals surface area (Å²) >= 11 is 2.87. The number of alkyl halides is 1. The highest BCUT2D eigenvalue weighted by Gasteiger charge is 2.20. The van der Waals surface area contributed by atoms with Gasteiger partial charge in [-0.2, -0.15) is 8.42 Å². The molecule has 1 rings (SSSR count). The lowest BCUT2D eigenvalue weighted by Gasteiger charge is -2.04. The van der Waals surface area contributed by atoms with Crippen molar-refractivity contribution in [1.29, 1.82) is 0 Å². The van der Waals surface area contributed by atoms with Crippen molar-refractivity contribution < 1.29 is 13.0 Å². The van der Waals surface area contributed by atoms with Crippen LogP contribution in [-0.4, -0.2) is 13.0 Å². The molecule has 66 valence electrons. The SMILES string of the molecule is O=S(=O)(O)C(Br)c1ccccc1. The average molecular weight is 251 g/mol. The van der Waals surface area contributed by atoms with E-state index in [1.165, 1.54) is 0 Å². The summed E-state index contributed by atoms with van der Waals surface area (Å²) in [6.07, 6.45) is 0. The molecule has 0 fully saturated rings. The van der Waals surface area contributed by atoms with Crippen LogP contribution in [0.4, 0.5) is 0 Å². The van der Waals surface area contributed by atoms with E-state index in [1.54, 1.807) is 30.3 Å². The molecule has 1 atom stereocenters. The van der Waals surface area contributed by atoms with E-state index in [0.717, 1.165) is 0 Å². The largest absolute Gasteiger partial charge is 0.284 e. The topological polar surface area (TPSA) is 54.4 Å². The van der Waals surface area contributed by atoms with Crippen molar-refractivity contribution in [3.05, 3.63) is 35.9 Å². The Labute approximate surface area is 79.3 Å². The molecule has 12 heavy (non-hydrogen) atoms. The van der Waals surface area contributed by atoms with Gasteiger partial charge >= 0.3 is 0 Å². The lowest BCUT2D eigenvalue weighted by atomic mass is 10.2. The van der Waals surface area contributed by atoms with Gasteiger partial charge in [-0.1, -0.05) is 46.3 Å². The molecule has 0 saturated carbocycles. The Bertz CT molecular complexity index is 346. The average Bonchev–Trinajstić information content (AvgIpc) is 2.03. The summed E-state index contributed by atoms with van der Waals surface area (Å²) in [5, 5.41) is 0. The smallest absolute Gasteiger partial charge is 0.282 e. The molecule has 3 nitrogen and oxygen atoms in total. The molecule has 1 aromatic rings. The zero-order valence-electron chi connectivity index (χ0n) is 6.01. The second kappa shape index (κ2) is 3.55. The highest BCUT2D eigenvalue weighted by Crippen LogP contribution is 2.27. The zero-order chi connectivity index (χ0) is 9.19. The predicted octanol–water partition coefficient (Wildman–Crippen LogP) is 1.97. The van der Waals surface area contributed by atoms with E-state index in [4.69, 9.17) is 4.55 Å². The summed E-state index contributed by atoms with van der Waals surface area (Å²) in [6.45, 7) is 0. The Morgan fingerprint density at radius 3 is 2.17 bits per heavy atom. The molecule has 1 unspecified atom stereocenters. The van der Waals surface area contributed by atoms with Gasteiger partial charge in [0, 0.05) is 0 Å². The van der Waals surface area contributed by atoms with Crippen LogP contribution < -0.4 is 0 Å². The fraction of sp³-hybridized carbons (Fsp3) is 0.143. The van der Waals surface area contributed by atoms with Crippen LogP contribution in [0, 0.1) is 0 Å². The van der Waals surface area contributed by atoms with Crippen LogP contribution in [0.5, 0.6) is 0 Å². The Hall–Kier alpha value is -0.390. The highest BCUT2D eigenvalue weighted by molar-refractivity contribution is 9.10. The minimum atomic E-state index is -4.04. The first-order valence-corrected chi connectivity index (χ1v) is 5.59. The van der Waals surface area contributed by atoms with Crippen molar-refractivity contribution in [2.75, 3.05) is 0 Å². The molecule has 0 aliphatic rings. The lowest BCUT2D eigenvalue weighted by molar-refractivity contribution is 0.481. The maximum Gasteiger partial charge on any atom is 0.282 e. The molecule has 0 bridgehead atoms. The van der Waals surface area contributed by atoms with Crippen LogP contribution in [0.2, 0.25) is 0 Å². The fourth-order valence-corrected chi connectivity index (χ4v) is 1.58. The summed E-state index contributed by atoms with van der Waals surface area (Å²) in [6, 6.07) is 8.41. The first-order chi connectivity index (χ1) is 5.52. The number of halogens is 1. The number of rotatable bonds is 2. The van der Waals surface area contributed by atoms with Crippen LogP contribution in [0.25, 0.3) is 0 Å². The zero-order valence-corrected chi connectivity index (χ0v) is 8.42. The van der Waals surface area contributed by atoms with Crippen LogP contribution in [-0.2, 0) is 10.1 Å². The summed E-state index contributed by atoms with van der Waals surface area (Å²) in [5.41, 5.74) is 0.514. The van der Waals surface area contributed by atoms with Gasteiger partial charge in [0.05, 0.1) is 0 Å². The lowest BCUT2D eigenvalue weighted by Crippen LogP contribution is -2.04. The first kappa shape index (κ1) is 9.70. The highest BCUT2D eigenvalue weighted by atomic mass is 79.9. The standard InChI is InChI=1S/C7H7BrO3S/c8-7(12(9,10)11)6-4-2-1-3-5-6/h1-5,7H,(H,9,10,11). The molecule has 1 aromatic carbocycles. The molecule has 0 heterocycles. The van der Waals surface area contributed by atoms with Gasteiger partial charge in [0.15, 0.2) is 4.16 Å². The monoisotopic (exact) mass is 250 g/mol. The second-order valence-corrected chi connectivity index (χ2v) is 5.26. The van der Waals surface area contributed by atoms with Gasteiger partial charge in [-0.3, -0.25) is 4.55 Å². The van der Waals surface area contributed by atoms with Crippen molar-refractivity contribution in [2.24, 2.45) is 0 Å². The number of hydrogen-bond donors (Lipinski definition) is 1. The maximum atomic E-state index is 10.6. The van der Waals surface area contributed by atoms with Crippen molar-refractivity contribution >= 4 is 26.0 Å². The quantitative estimate of drug-likeness (QED) is 0.645. The van der Waals surface area contributed by atoms with Gasteiger partial charge in [-0.15, -0.1) is 0 Å². The molecular formula is C7H7BrO3S. The van der Waals surface area contributed by atoms with Crippen molar-refractivity contribution in [3.8, 4) is 0 Å². The third-order valence-corrected chi connectivity index (χ3v) is 4.06. The first-order valence-electron chi connectivity index (χ1n) is 3.17. The summed E-state index contributed by atoms with van der Waals surface area (Å²) in [5.74, 6) is 0. The van der Waals surface area contributed by atoms with Crippen molar-refractivity contribution in [1.82, 2.24) is 0 Å². The molecule has 5 heteroatoms. The third-order valence-electron chi connectivity index (χ3n) is 1.32. The Morgan fingerprint density at radius 2 is 1.75 bits per heavy atom. The second-order valence-electron chi connectivity index (χ2n) is 2.24. The summed E-state index contributed by atoms with van der Waals surface area (Å²) in [4.78, 5) is 0. The Balaban J connectivity index is 3.02. The maximum absolute atomic E-state index is 10.6. The molecule has 1 N–H and O–H groups in total. The van der Waals surface area contributed by atoms with Gasteiger partial charge in [-0.05, 0) is 5.56 Å². The van der Waals surface area contributed by atoms with Gasteiger partial charge in [-0.25, -0.2) is 0 Å². The fourth-order valence-electron chi connectivity index (χ4n) is 0.776. The van der Waals surface area contributed by atoms with Crippen molar-refractivity contribution in [2.45, 2.75) is 4.16 Å². The van der Waals surface area contributed by atoms with E-state index in [2.05, 4.69) is 15.9 Å². The molecular weight excluding hydrogens is 244 g/mol. The summed E-state index contributed by atoms with van der Waals surface area (Å²) < 4.78 is 28.9. The molecule has 0 saturated heterocycles. The van der Waals surface area contributed by atoms with Gasteiger partial charge in [0.2, 0.25) is 0 Å². The molecule has 0 spiro atoms. The number of benzene rings is 1. The molecule has 0 amide bonds. The van der Waals surface area contributed by atoms with Crippen LogP contribution in [0.15, 0.2) is 30.3 Å². The predicted molar refractivity (Wildman–Crippen MR) is 49.7 cm³/mol. The Morgan fingerprint density at radius 1 is 1.25 bits per heavy atom.